The van der Waals surface area contributed by atoms with Crippen molar-refractivity contribution in [2.75, 3.05) is 18.9 Å². The van der Waals surface area contributed by atoms with Crippen molar-refractivity contribution in [3.05, 3.63) is 69.5 Å². The number of amides is 1. The number of likely N-dealkylation sites (N-methyl/N-ethyl adjacent to an activating group) is 1. The zero-order valence-electron chi connectivity index (χ0n) is 19.4. The van der Waals surface area contributed by atoms with Gasteiger partial charge in [0.15, 0.2) is 5.16 Å². The van der Waals surface area contributed by atoms with Crippen molar-refractivity contribution in [1.29, 1.82) is 0 Å². The number of aromatic nitrogens is 3. The van der Waals surface area contributed by atoms with Crippen molar-refractivity contribution in [1.82, 2.24) is 20.1 Å². The molecule has 1 heterocycles. The van der Waals surface area contributed by atoms with Crippen molar-refractivity contribution in [2.45, 2.75) is 48.2 Å². The minimum Gasteiger partial charge on any atom is -0.318 e. The molecule has 13 heteroatoms. The first-order valence-electron chi connectivity index (χ1n) is 11.2. The normalized spacial score (nSPS) is 13.4. The number of nitrogens with one attached hydrogen (secondary N) is 2. The van der Waals surface area contributed by atoms with E-state index in [1.54, 1.807) is 11.6 Å². The van der Waals surface area contributed by atoms with E-state index in [0.717, 1.165) is 43.5 Å². The second-order valence-corrected chi connectivity index (χ2v) is 9.25. The van der Waals surface area contributed by atoms with Gasteiger partial charge in [-0.1, -0.05) is 12.8 Å². The molecule has 2 N–H and O–H groups in total. The third kappa shape index (κ3) is 6.18. The number of benzene rings is 2. The molecule has 0 saturated heterocycles. The number of nitro groups is 1. The lowest BCUT2D eigenvalue weighted by atomic mass is 9.97. The van der Waals surface area contributed by atoms with Crippen molar-refractivity contribution in [2.24, 2.45) is 0 Å². The van der Waals surface area contributed by atoms with Gasteiger partial charge in [0, 0.05) is 30.1 Å². The van der Waals surface area contributed by atoms with Crippen LogP contribution in [-0.2, 0) is 6.54 Å². The second kappa shape index (κ2) is 12.2. The van der Waals surface area contributed by atoms with Crippen LogP contribution >= 0.6 is 24.2 Å². The molecule has 0 bridgehead atoms. The molecule has 1 aliphatic carbocycles. The first-order valence-corrected chi connectivity index (χ1v) is 12.0. The Morgan fingerprint density at radius 2 is 1.92 bits per heavy atom. The number of hydrogen-bond acceptors (Lipinski definition) is 7. The van der Waals surface area contributed by atoms with E-state index in [9.17, 15) is 23.7 Å². The van der Waals surface area contributed by atoms with E-state index in [1.165, 1.54) is 30.6 Å². The van der Waals surface area contributed by atoms with E-state index in [-0.39, 0.29) is 29.6 Å². The maximum atomic E-state index is 14.8. The summed E-state index contributed by atoms with van der Waals surface area (Å²) in [6, 6.07) is 6.24. The Hall–Kier alpha value is -3.09. The standard InChI is InChI=1S/C23H24F2N6O3S.ClH/c1-26-8-9-30-13-27-29-23(30)35-20-7-6-16(31(33)34)12-17(20)22(32)28-21-18(24)10-15(11-19(21)25)14-4-2-3-5-14;/h6-7,10-14,26H,2-5,8-9H2,1H3,(H,28,32);1H. The van der Waals surface area contributed by atoms with Gasteiger partial charge in [-0.2, -0.15) is 0 Å². The van der Waals surface area contributed by atoms with Gasteiger partial charge in [0.05, 0.1) is 10.5 Å². The fourth-order valence-electron chi connectivity index (χ4n) is 4.09. The second-order valence-electron chi connectivity index (χ2n) is 8.25. The van der Waals surface area contributed by atoms with E-state index in [4.69, 9.17) is 0 Å². The fourth-order valence-corrected chi connectivity index (χ4v) is 5.03. The van der Waals surface area contributed by atoms with Crippen LogP contribution in [0.2, 0.25) is 0 Å². The molecular formula is C23H25ClF2N6O3S. The largest absolute Gasteiger partial charge is 0.318 e. The average Bonchev–Trinajstić information content (AvgIpc) is 3.52. The van der Waals surface area contributed by atoms with E-state index in [0.29, 0.717) is 28.7 Å². The van der Waals surface area contributed by atoms with Crippen LogP contribution in [0.4, 0.5) is 20.2 Å². The lowest BCUT2D eigenvalue weighted by molar-refractivity contribution is -0.384. The molecule has 2 aromatic carbocycles. The average molecular weight is 539 g/mol. The highest BCUT2D eigenvalue weighted by molar-refractivity contribution is 7.99. The number of nitrogens with zero attached hydrogens (tertiary/aromatic N) is 4. The van der Waals surface area contributed by atoms with Crippen molar-refractivity contribution in [3.8, 4) is 0 Å². The van der Waals surface area contributed by atoms with E-state index in [2.05, 4.69) is 20.8 Å². The first-order chi connectivity index (χ1) is 16.9. The number of carbonyl (C=O) groups is 1. The Morgan fingerprint density at radius 3 is 2.56 bits per heavy atom. The Bertz CT molecular complexity index is 1230. The van der Waals surface area contributed by atoms with Gasteiger partial charge in [0.1, 0.15) is 23.6 Å². The fraction of sp³-hybridized carbons (Fsp3) is 0.348. The van der Waals surface area contributed by atoms with Gasteiger partial charge < -0.3 is 15.2 Å². The number of anilines is 1. The Morgan fingerprint density at radius 1 is 1.22 bits per heavy atom. The Labute approximate surface area is 216 Å². The number of carbonyl (C=O) groups excluding carboxylic acids is 1. The lowest BCUT2D eigenvalue weighted by Gasteiger charge is -2.14. The number of hydrogen-bond donors (Lipinski definition) is 2. The van der Waals surface area contributed by atoms with Crippen molar-refractivity contribution in [3.63, 3.8) is 0 Å². The summed E-state index contributed by atoms with van der Waals surface area (Å²) in [5.41, 5.74) is -0.445. The molecule has 0 radical (unpaired) electrons. The van der Waals surface area contributed by atoms with Crippen LogP contribution in [0, 0.1) is 21.7 Å². The van der Waals surface area contributed by atoms with Gasteiger partial charge in [-0.25, -0.2) is 8.78 Å². The molecule has 0 atom stereocenters. The van der Waals surface area contributed by atoms with E-state index >= 15 is 0 Å². The quantitative estimate of drug-likeness (QED) is 0.285. The number of nitro benzene ring substituents is 1. The molecule has 1 aliphatic rings. The minimum atomic E-state index is -0.883. The molecule has 0 spiro atoms. The zero-order chi connectivity index (χ0) is 24.9. The van der Waals surface area contributed by atoms with E-state index < -0.39 is 28.2 Å². The number of halogens is 3. The monoisotopic (exact) mass is 538 g/mol. The molecular weight excluding hydrogens is 514 g/mol. The molecule has 0 aliphatic heterocycles. The molecule has 1 amide bonds. The summed E-state index contributed by atoms with van der Waals surface area (Å²) in [4.78, 5) is 24.1. The molecule has 3 aromatic rings. The Balaban J connectivity index is 0.00000361. The van der Waals surface area contributed by atoms with Crippen LogP contribution in [0.25, 0.3) is 0 Å². The topological polar surface area (TPSA) is 115 Å². The van der Waals surface area contributed by atoms with Gasteiger partial charge in [-0.05, 0) is 61.3 Å². The molecule has 36 heavy (non-hydrogen) atoms. The summed E-state index contributed by atoms with van der Waals surface area (Å²) < 4.78 is 31.4. The third-order valence-electron chi connectivity index (χ3n) is 5.93. The molecule has 4 rings (SSSR count). The predicted octanol–water partition coefficient (Wildman–Crippen LogP) is 5.17. The minimum absolute atomic E-state index is 0. The lowest BCUT2D eigenvalue weighted by Crippen LogP contribution is -2.17. The summed E-state index contributed by atoms with van der Waals surface area (Å²) in [7, 11) is 1.80. The van der Waals surface area contributed by atoms with Crippen LogP contribution in [0.3, 0.4) is 0 Å². The molecule has 0 unspecified atom stereocenters. The van der Waals surface area contributed by atoms with E-state index in [1.807, 2.05) is 0 Å². The van der Waals surface area contributed by atoms with Crippen molar-refractivity contribution < 1.29 is 18.5 Å². The van der Waals surface area contributed by atoms with Crippen LogP contribution < -0.4 is 10.6 Å². The van der Waals surface area contributed by atoms with Crippen LogP contribution in [0.15, 0.2) is 46.7 Å². The van der Waals surface area contributed by atoms with Crippen molar-refractivity contribution >= 4 is 41.5 Å². The summed E-state index contributed by atoms with van der Waals surface area (Å²) in [5, 5.41) is 25.0. The first kappa shape index (κ1) is 27.5. The van der Waals surface area contributed by atoms with Gasteiger partial charge in [0.25, 0.3) is 11.6 Å². The maximum Gasteiger partial charge on any atom is 0.270 e. The van der Waals surface area contributed by atoms with Crippen LogP contribution in [0.1, 0.15) is 47.5 Å². The smallest absolute Gasteiger partial charge is 0.270 e. The summed E-state index contributed by atoms with van der Waals surface area (Å²) in [6.07, 6.45) is 5.31. The van der Waals surface area contributed by atoms with Crippen LogP contribution in [-0.4, -0.2) is 39.2 Å². The number of rotatable bonds is 9. The Kier molecular flexibility index (Phi) is 9.35. The SMILES string of the molecule is CNCCn1cnnc1Sc1ccc([N+](=O)[O-])cc1C(=O)Nc1c(F)cc(C2CCCC2)cc1F.Cl. The highest BCUT2D eigenvalue weighted by Gasteiger charge is 2.24. The van der Waals surface area contributed by atoms with Gasteiger partial charge in [-0.15, -0.1) is 22.6 Å². The maximum absolute atomic E-state index is 14.8. The van der Waals surface area contributed by atoms with Gasteiger partial charge in [0.2, 0.25) is 0 Å². The zero-order valence-corrected chi connectivity index (χ0v) is 21.0. The highest BCUT2D eigenvalue weighted by atomic mass is 35.5. The van der Waals surface area contributed by atoms with Gasteiger partial charge in [-0.3, -0.25) is 14.9 Å². The predicted molar refractivity (Wildman–Crippen MR) is 134 cm³/mol. The highest BCUT2D eigenvalue weighted by Crippen LogP contribution is 2.37. The third-order valence-corrected chi connectivity index (χ3v) is 7.01. The van der Waals surface area contributed by atoms with Crippen LogP contribution in [0.5, 0.6) is 0 Å². The summed E-state index contributed by atoms with van der Waals surface area (Å²) in [6.45, 7) is 1.21. The molecule has 1 aromatic heterocycles. The molecule has 9 nitrogen and oxygen atoms in total. The molecule has 1 saturated carbocycles. The molecule has 192 valence electrons. The summed E-state index contributed by atoms with van der Waals surface area (Å²) >= 11 is 1.08. The van der Waals surface area contributed by atoms with Gasteiger partial charge >= 0.3 is 0 Å². The number of non-ortho nitro benzene ring substituents is 1. The molecule has 1 fully saturated rings. The summed E-state index contributed by atoms with van der Waals surface area (Å²) in [5.74, 6) is -2.54.